The molecule has 0 fully saturated rings. The third kappa shape index (κ3) is 2.65. The van der Waals surface area contributed by atoms with Crippen LogP contribution in [-0.2, 0) is 12.8 Å². The molecule has 1 nitrogen and oxygen atoms in total. The van der Waals surface area contributed by atoms with Crippen molar-refractivity contribution in [1.29, 1.82) is 0 Å². The maximum Gasteiger partial charge on any atom is 0.0372 e. The minimum Gasteiger partial charge on any atom is -0.382 e. The second-order valence-electron chi connectivity index (χ2n) is 5.67. The summed E-state index contributed by atoms with van der Waals surface area (Å²) in [6.45, 7) is 4.33. The average Bonchev–Trinajstić information content (AvgIpc) is 2.42. The van der Waals surface area contributed by atoms with Crippen LogP contribution in [0, 0.1) is 13.8 Å². The van der Waals surface area contributed by atoms with Crippen LogP contribution >= 0.6 is 0 Å². The molecule has 2 aromatic carbocycles. The largest absolute Gasteiger partial charge is 0.382 e. The topological polar surface area (TPSA) is 12.0 Å². The van der Waals surface area contributed by atoms with Gasteiger partial charge in [0.25, 0.3) is 0 Å². The molecular weight excluding hydrogens is 230 g/mol. The van der Waals surface area contributed by atoms with Gasteiger partial charge in [0, 0.05) is 11.7 Å². The van der Waals surface area contributed by atoms with Crippen molar-refractivity contribution >= 4 is 5.69 Å². The third-order valence-corrected chi connectivity index (χ3v) is 4.09. The molecule has 1 N–H and O–H groups in total. The molecule has 0 bridgehead atoms. The monoisotopic (exact) mass is 251 g/mol. The molecule has 1 heteroatoms. The summed E-state index contributed by atoms with van der Waals surface area (Å²) in [6.07, 6.45) is 3.56. The van der Waals surface area contributed by atoms with Crippen LogP contribution in [0.15, 0.2) is 42.5 Å². The molecule has 1 atom stereocenters. The van der Waals surface area contributed by atoms with Crippen molar-refractivity contribution in [3.8, 4) is 0 Å². The first kappa shape index (κ1) is 12.3. The fourth-order valence-corrected chi connectivity index (χ4v) is 3.02. The van der Waals surface area contributed by atoms with Crippen LogP contribution in [0.1, 0.15) is 28.7 Å². The van der Waals surface area contributed by atoms with Crippen molar-refractivity contribution in [3.63, 3.8) is 0 Å². The number of anilines is 1. The lowest BCUT2D eigenvalue weighted by molar-refractivity contribution is 0.610. The zero-order valence-corrected chi connectivity index (χ0v) is 11.7. The molecule has 1 aliphatic rings. The fourth-order valence-electron chi connectivity index (χ4n) is 3.02. The summed E-state index contributed by atoms with van der Waals surface area (Å²) in [7, 11) is 0. The normalized spacial score (nSPS) is 17.9. The number of hydrogen-bond donors (Lipinski definition) is 1. The van der Waals surface area contributed by atoms with Gasteiger partial charge in [-0.25, -0.2) is 0 Å². The molecule has 0 spiro atoms. The molecule has 0 aliphatic heterocycles. The zero-order chi connectivity index (χ0) is 13.2. The molecular formula is C18H21N. The smallest absolute Gasteiger partial charge is 0.0372 e. The Kier molecular flexibility index (Phi) is 3.29. The average molecular weight is 251 g/mol. The molecule has 0 saturated heterocycles. The Balaban J connectivity index is 1.75. The van der Waals surface area contributed by atoms with Gasteiger partial charge in [0.05, 0.1) is 0 Å². The highest BCUT2D eigenvalue weighted by Gasteiger charge is 2.18. The summed E-state index contributed by atoms with van der Waals surface area (Å²) >= 11 is 0. The molecule has 0 radical (unpaired) electrons. The Labute approximate surface area is 115 Å². The van der Waals surface area contributed by atoms with E-state index >= 15 is 0 Å². The van der Waals surface area contributed by atoms with Gasteiger partial charge in [-0.1, -0.05) is 42.0 Å². The standard InChI is InChI=1S/C18H21N/c1-13-7-10-18(14(2)11-13)19-17-9-8-15-5-3-4-6-16(15)12-17/h3-7,10-11,17,19H,8-9,12H2,1-2H3. The van der Waals surface area contributed by atoms with Crippen molar-refractivity contribution in [1.82, 2.24) is 0 Å². The molecule has 2 aromatic rings. The van der Waals surface area contributed by atoms with E-state index in [1.54, 1.807) is 0 Å². The van der Waals surface area contributed by atoms with Gasteiger partial charge in [-0.2, -0.15) is 0 Å². The van der Waals surface area contributed by atoms with Crippen LogP contribution in [0.3, 0.4) is 0 Å². The van der Waals surface area contributed by atoms with E-state index in [0.717, 1.165) is 6.42 Å². The van der Waals surface area contributed by atoms with Crippen LogP contribution < -0.4 is 5.32 Å². The predicted molar refractivity (Wildman–Crippen MR) is 81.8 cm³/mol. The van der Waals surface area contributed by atoms with Crippen LogP contribution in [0.4, 0.5) is 5.69 Å². The number of hydrogen-bond acceptors (Lipinski definition) is 1. The quantitative estimate of drug-likeness (QED) is 0.840. The minimum absolute atomic E-state index is 0.566. The van der Waals surface area contributed by atoms with Crippen molar-refractivity contribution in [2.45, 2.75) is 39.2 Å². The van der Waals surface area contributed by atoms with Crippen LogP contribution in [-0.4, -0.2) is 6.04 Å². The molecule has 3 rings (SSSR count). The molecule has 1 unspecified atom stereocenters. The Morgan fingerprint density at radius 2 is 1.79 bits per heavy atom. The van der Waals surface area contributed by atoms with E-state index in [-0.39, 0.29) is 0 Å². The Morgan fingerprint density at radius 1 is 1.00 bits per heavy atom. The number of nitrogens with one attached hydrogen (secondary N) is 1. The molecule has 0 aromatic heterocycles. The highest BCUT2D eigenvalue weighted by Crippen LogP contribution is 2.25. The van der Waals surface area contributed by atoms with E-state index in [4.69, 9.17) is 0 Å². The Hall–Kier alpha value is -1.76. The molecule has 0 amide bonds. The van der Waals surface area contributed by atoms with Gasteiger partial charge in [0.2, 0.25) is 0 Å². The minimum atomic E-state index is 0.566. The van der Waals surface area contributed by atoms with E-state index in [0.29, 0.717) is 6.04 Å². The van der Waals surface area contributed by atoms with Gasteiger partial charge in [0.15, 0.2) is 0 Å². The number of benzene rings is 2. The Bertz CT molecular complexity index is 586. The maximum absolute atomic E-state index is 3.72. The van der Waals surface area contributed by atoms with E-state index in [2.05, 4.69) is 61.6 Å². The highest BCUT2D eigenvalue weighted by molar-refractivity contribution is 5.53. The molecule has 0 heterocycles. The maximum atomic E-state index is 3.72. The molecule has 1 aliphatic carbocycles. The first-order valence-corrected chi connectivity index (χ1v) is 7.13. The fraction of sp³-hybridized carbons (Fsp3) is 0.333. The summed E-state index contributed by atoms with van der Waals surface area (Å²) in [5.74, 6) is 0. The van der Waals surface area contributed by atoms with Crippen LogP contribution in [0.2, 0.25) is 0 Å². The van der Waals surface area contributed by atoms with Crippen LogP contribution in [0.5, 0.6) is 0 Å². The van der Waals surface area contributed by atoms with Crippen molar-refractivity contribution in [3.05, 3.63) is 64.7 Å². The number of fused-ring (bicyclic) bond motifs is 1. The number of aryl methyl sites for hydroxylation is 3. The summed E-state index contributed by atoms with van der Waals surface area (Å²) in [5, 5.41) is 3.72. The van der Waals surface area contributed by atoms with Crippen molar-refractivity contribution < 1.29 is 0 Å². The van der Waals surface area contributed by atoms with Gasteiger partial charge >= 0.3 is 0 Å². The zero-order valence-electron chi connectivity index (χ0n) is 11.7. The van der Waals surface area contributed by atoms with Gasteiger partial charge in [-0.3, -0.25) is 0 Å². The number of rotatable bonds is 2. The lowest BCUT2D eigenvalue weighted by Gasteiger charge is -2.27. The first-order valence-electron chi connectivity index (χ1n) is 7.13. The summed E-state index contributed by atoms with van der Waals surface area (Å²) in [5.41, 5.74) is 7.00. The second-order valence-corrected chi connectivity index (χ2v) is 5.67. The van der Waals surface area contributed by atoms with Gasteiger partial charge in [-0.05, 0) is 55.9 Å². The predicted octanol–water partition coefficient (Wildman–Crippen LogP) is 4.27. The van der Waals surface area contributed by atoms with Gasteiger partial charge < -0.3 is 5.32 Å². The second kappa shape index (κ2) is 5.08. The molecule has 98 valence electrons. The lowest BCUT2D eigenvalue weighted by Crippen LogP contribution is -2.27. The lowest BCUT2D eigenvalue weighted by atomic mass is 9.88. The van der Waals surface area contributed by atoms with E-state index in [9.17, 15) is 0 Å². The molecule has 0 saturated carbocycles. The summed E-state index contributed by atoms with van der Waals surface area (Å²) in [6, 6.07) is 16.1. The van der Waals surface area contributed by atoms with Gasteiger partial charge in [0.1, 0.15) is 0 Å². The first-order chi connectivity index (χ1) is 9.22. The van der Waals surface area contributed by atoms with Crippen molar-refractivity contribution in [2.75, 3.05) is 5.32 Å². The Morgan fingerprint density at radius 3 is 2.58 bits per heavy atom. The molecule has 19 heavy (non-hydrogen) atoms. The SMILES string of the molecule is Cc1ccc(NC2CCc3ccccc3C2)c(C)c1. The van der Waals surface area contributed by atoms with Crippen molar-refractivity contribution in [2.24, 2.45) is 0 Å². The van der Waals surface area contributed by atoms with E-state index in [1.165, 1.54) is 40.8 Å². The summed E-state index contributed by atoms with van der Waals surface area (Å²) in [4.78, 5) is 0. The van der Waals surface area contributed by atoms with E-state index in [1.807, 2.05) is 0 Å². The highest BCUT2D eigenvalue weighted by atomic mass is 14.9. The third-order valence-electron chi connectivity index (χ3n) is 4.09. The van der Waals surface area contributed by atoms with E-state index < -0.39 is 0 Å². The summed E-state index contributed by atoms with van der Waals surface area (Å²) < 4.78 is 0. The van der Waals surface area contributed by atoms with Gasteiger partial charge in [-0.15, -0.1) is 0 Å². The van der Waals surface area contributed by atoms with Crippen LogP contribution in [0.25, 0.3) is 0 Å².